The number of halogens is 2. The molecule has 2 fully saturated rings. The van der Waals surface area contributed by atoms with E-state index >= 15 is 0 Å². The summed E-state index contributed by atoms with van der Waals surface area (Å²) in [7, 11) is 0. The Kier molecular flexibility index (Phi) is 10.7. The Bertz CT molecular complexity index is 1140. The van der Waals surface area contributed by atoms with Crippen molar-refractivity contribution in [3.05, 3.63) is 69.7 Å². The van der Waals surface area contributed by atoms with Crippen LogP contribution in [0.25, 0.3) is 0 Å². The van der Waals surface area contributed by atoms with Gasteiger partial charge in [0.05, 0.1) is 6.04 Å². The highest BCUT2D eigenvalue weighted by atomic mass is 35.5. The summed E-state index contributed by atoms with van der Waals surface area (Å²) >= 11 is 12.4. The van der Waals surface area contributed by atoms with Gasteiger partial charge in [-0.25, -0.2) is 0 Å². The lowest BCUT2D eigenvalue weighted by Crippen LogP contribution is -2.63. The molecule has 2 heterocycles. The summed E-state index contributed by atoms with van der Waals surface area (Å²) in [5.41, 5.74) is 1.97. The molecule has 2 N–H and O–H groups in total. The number of benzene rings is 2. The largest absolute Gasteiger partial charge is 0.343 e. The number of aryl methyl sites for hydroxylation is 1. The first-order chi connectivity index (χ1) is 18.9. The topological polar surface area (TPSA) is 81.8 Å². The molecule has 3 amide bonds. The van der Waals surface area contributed by atoms with E-state index in [0.29, 0.717) is 37.5 Å². The summed E-state index contributed by atoms with van der Waals surface area (Å²) in [4.78, 5) is 44.1. The SMILES string of the molecule is CCCC1C(=O)N(CCCc2ccccc2Cl)CCN1C(=O)C(Cc1ccc(Cl)cc1)NC(=O)C1CCCN1. The lowest BCUT2D eigenvalue weighted by Gasteiger charge is -2.42. The van der Waals surface area contributed by atoms with Crippen LogP contribution in [-0.2, 0) is 27.2 Å². The Balaban J connectivity index is 1.45. The van der Waals surface area contributed by atoms with Crippen LogP contribution in [0.1, 0.15) is 50.2 Å². The molecular weight excluding hydrogens is 535 g/mol. The van der Waals surface area contributed by atoms with Crippen molar-refractivity contribution in [3.8, 4) is 0 Å². The van der Waals surface area contributed by atoms with Gasteiger partial charge in [-0.3, -0.25) is 14.4 Å². The summed E-state index contributed by atoms with van der Waals surface area (Å²) in [6.45, 7) is 4.34. The van der Waals surface area contributed by atoms with Gasteiger partial charge in [0.25, 0.3) is 0 Å². The zero-order valence-corrected chi connectivity index (χ0v) is 24.0. The molecule has 2 aliphatic heterocycles. The van der Waals surface area contributed by atoms with Crippen LogP contribution >= 0.6 is 23.2 Å². The number of nitrogens with one attached hydrogen (secondary N) is 2. The molecule has 9 heteroatoms. The lowest BCUT2D eigenvalue weighted by atomic mass is 10.00. The van der Waals surface area contributed by atoms with Gasteiger partial charge in [0.2, 0.25) is 17.7 Å². The first-order valence-electron chi connectivity index (χ1n) is 14.0. The van der Waals surface area contributed by atoms with Crippen LogP contribution in [0.4, 0.5) is 0 Å². The molecule has 0 bridgehead atoms. The fourth-order valence-corrected chi connectivity index (χ4v) is 5.83. The van der Waals surface area contributed by atoms with Gasteiger partial charge in [-0.1, -0.05) is 66.9 Å². The van der Waals surface area contributed by atoms with E-state index in [1.807, 2.05) is 48.2 Å². The second-order valence-electron chi connectivity index (χ2n) is 10.4. The van der Waals surface area contributed by atoms with E-state index in [-0.39, 0.29) is 23.8 Å². The summed E-state index contributed by atoms with van der Waals surface area (Å²) in [6.07, 6.45) is 4.95. The van der Waals surface area contributed by atoms with E-state index in [4.69, 9.17) is 23.2 Å². The summed E-state index contributed by atoms with van der Waals surface area (Å²) in [5.74, 6) is -0.403. The Labute approximate surface area is 241 Å². The average Bonchev–Trinajstić information content (AvgIpc) is 3.48. The lowest BCUT2D eigenvalue weighted by molar-refractivity contribution is -0.153. The Morgan fingerprint density at radius 2 is 1.87 bits per heavy atom. The van der Waals surface area contributed by atoms with E-state index < -0.39 is 12.1 Å². The van der Waals surface area contributed by atoms with Crippen molar-refractivity contribution in [1.82, 2.24) is 20.4 Å². The number of piperazine rings is 1. The van der Waals surface area contributed by atoms with Gasteiger partial charge in [0.1, 0.15) is 12.1 Å². The molecule has 0 saturated carbocycles. The third-order valence-electron chi connectivity index (χ3n) is 7.61. The number of nitrogens with zero attached hydrogens (tertiary/aromatic N) is 2. The summed E-state index contributed by atoms with van der Waals surface area (Å²) in [6, 6.07) is 13.5. The number of carbonyl (C=O) groups excluding carboxylic acids is 3. The molecule has 2 aliphatic rings. The predicted molar refractivity (Wildman–Crippen MR) is 155 cm³/mol. The molecule has 0 aromatic heterocycles. The smallest absolute Gasteiger partial charge is 0.246 e. The van der Waals surface area contributed by atoms with Crippen molar-refractivity contribution in [2.45, 2.75) is 70.0 Å². The molecule has 0 radical (unpaired) electrons. The van der Waals surface area contributed by atoms with Gasteiger partial charge in [0, 0.05) is 36.1 Å². The van der Waals surface area contributed by atoms with E-state index in [1.54, 1.807) is 17.0 Å². The number of hydrogen-bond acceptors (Lipinski definition) is 4. The molecule has 2 saturated heterocycles. The van der Waals surface area contributed by atoms with Gasteiger partial charge < -0.3 is 20.4 Å². The fraction of sp³-hybridized carbons (Fsp3) is 0.500. The first kappa shape index (κ1) is 29.4. The van der Waals surface area contributed by atoms with Crippen LogP contribution < -0.4 is 10.6 Å². The first-order valence-corrected chi connectivity index (χ1v) is 14.7. The van der Waals surface area contributed by atoms with Gasteiger partial charge in [-0.2, -0.15) is 0 Å². The predicted octanol–water partition coefficient (Wildman–Crippen LogP) is 4.25. The third kappa shape index (κ3) is 7.74. The quantitative estimate of drug-likeness (QED) is 0.422. The number of carbonyl (C=O) groups is 3. The van der Waals surface area contributed by atoms with Crippen molar-refractivity contribution in [3.63, 3.8) is 0 Å². The highest BCUT2D eigenvalue weighted by Gasteiger charge is 2.40. The zero-order valence-electron chi connectivity index (χ0n) is 22.5. The minimum atomic E-state index is -0.764. The third-order valence-corrected chi connectivity index (χ3v) is 8.23. The number of amides is 3. The van der Waals surface area contributed by atoms with Crippen LogP contribution in [0.15, 0.2) is 48.5 Å². The van der Waals surface area contributed by atoms with E-state index in [9.17, 15) is 14.4 Å². The molecular formula is C30H38Cl2N4O3. The number of rotatable bonds is 11. The Hall–Kier alpha value is -2.61. The minimum Gasteiger partial charge on any atom is -0.343 e. The van der Waals surface area contributed by atoms with E-state index in [0.717, 1.165) is 54.8 Å². The summed E-state index contributed by atoms with van der Waals surface area (Å²) in [5, 5.41) is 7.56. The molecule has 0 spiro atoms. The van der Waals surface area contributed by atoms with Crippen LogP contribution in [-0.4, -0.2) is 71.8 Å². The molecule has 7 nitrogen and oxygen atoms in total. The van der Waals surface area contributed by atoms with Crippen molar-refractivity contribution >= 4 is 40.9 Å². The second-order valence-corrected chi connectivity index (χ2v) is 11.2. The highest BCUT2D eigenvalue weighted by molar-refractivity contribution is 6.31. The Morgan fingerprint density at radius 3 is 2.56 bits per heavy atom. The van der Waals surface area contributed by atoms with Crippen molar-refractivity contribution in [2.24, 2.45) is 0 Å². The maximum atomic E-state index is 14.0. The fourth-order valence-electron chi connectivity index (χ4n) is 5.48. The molecule has 39 heavy (non-hydrogen) atoms. The van der Waals surface area contributed by atoms with Gasteiger partial charge in [0.15, 0.2) is 0 Å². The van der Waals surface area contributed by atoms with Gasteiger partial charge in [-0.15, -0.1) is 0 Å². The van der Waals surface area contributed by atoms with Crippen molar-refractivity contribution < 1.29 is 14.4 Å². The zero-order chi connectivity index (χ0) is 27.8. The van der Waals surface area contributed by atoms with Crippen LogP contribution in [0.3, 0.4) is 0 Å². The molecule has 0 aliphatic carbocycles. The van der Waals surface area contributed by atoms with E-state index in [1.165, 1.54) is 0 Å². The van der Waals surface area contributed by atoms with E-state index in [2.05, 4.69) is 10.6 Å². The van der Waals surface area contributed by atoms with Gasteiger partial charge in [-0.05, 0) is 68.0 Å². The maximum Gasteiger partial charge on any atom is 0.246 e. The molecule has 3 unspecified atom stereocenters. The summed E-state index contributed by atoms with van der Waals surface area (Å²) < 4.78 is 0. The Morgan fingerprint density at radius 1 is 1.10 bits per heavy atom. The van der Waals surface area contributed by atoms with Gasteiger partial charge >= 0.3 is 0 Å². The van der Waals surface area contributed by atoms with Crippen LogP contribution in [0.5, 0.6) is 0 Å². The number of hydrogen-bond donors (Lipinski definition) is 2. The molecule has 3 atom stereocenters. The molecule has 210 valence electrons. The standard InChI is InChI=1S/C30H38Cl2N4O3/c1-2-7-27-30(39)35(17-6-9-22-8-3-4-10-24(22)32)18-19-36(27)29(38)26(20-21-12-14-23(31)15-13-21)34-28(37)25-11-5-16-33-25/h3-4,8,10,12-15,25-27,33H,2,5-7,9,11,16-20H2,1H3,(H,34,37). The molecule has 2 aromatic carbocycles. The monoisotopic (exact) mass is 572 g/mol. The van der Waals surface area contributed by atoms with Crippen LogP contribution in [0, 0.1) is 0 Å². The van der Waals surface area contributed by atoms with Crippen molar-refractivity contribution in [1.29, 1.82) is 0 Å². The normalized spacial score (nSPS) is 20.2. The second kappa shape index (κ2) is 14.1. The molecule has 2 aromatic rings. The molecule has 4 rings (SSSR count). The van der Waals surface area contributed by atoms with Crippen molar-refractivity contribution in [2.75, 3.05) is 26.2 Å². The van der Waals surface area contributed by atoms with Crippen LogP contribution in [0.2, 0.25) is 10.0 Å². The minimum absolute atomic E-state index is 0.0235. The average molecular weight is 574 g/mol. The highest BCUT2D eigenvalue weighted by Crippen LogP contribution is 2.21. The maximum absolute atomic E-state index is 14.0.